The molecule has 1 unspecified atom stereocenters. The van der Waals surface area contributed by atoms with Gasteiger partial charge in [-0.05, 0) is 53.1 Å². The highest BCUT2D eigenvalue weighted by Gasteiger charge is 2.50. The van der Waals surface area contributed by atoms with Gasteiger partial charge in [-0.25, -0.2) is 14.6 Å². The fourth-order valence-electron chi connectivity index (χ4n) is 4.86. The van der Waals surface area contributed by atoms with Crippen LogP contribution in [-0.4, -0.2) is 43.6 Å². The minimum absolute atomic E-state index is 0.226. The molecule has 2 aliphatic rings. The molecule has 0 aliphatic carbocycles. The Bertz CT molecular complexity index is 1410. The van der Waals surface area contributed by atoms with Crippen molar-refractivity contribution in [2.24, 2.45) is 0 Å². The lowest BCUT2D eigenvalue weighted by molar-refractivity contribution is -0.341. The topological polar surface area (TPSA) is 81.7 Å². The van der Waals surface area contributed by atoms with Gasteiger partial charge in [0, 0.05) is 0 Å². The number of esters is 1. The predicted molar refractivity (Wildman–Crippen MR) is 153 cm³/mol. The lowest BCUT2D eigenvalue weighted by Crippen LogP contribution is -2.35. The Morgan fingerprint density at radius 2 is 1.10 bits per heavy atom. The van der Waals surface area contributed by atoms with Crippen molar-refractivity contribution in [2.45, 2.75) is 44.2 Å². The van der Waals surface area contributed by atoms with Gasteiger partial charge < -0.3 is 23.7 Å². The van der Waals surface area contributed by atoms with Gasteiger partial charge in [0.05, 0.1) is 18.8 Å². The van der Waals surface area contributed by atoms with Crippen LogP contribution >= 0.6 is 0 Å². The molecule has 2 fully saturated rings. The van der Waals surface area contributed by atoms with E-state index in [0.717, 1.165) is 22.4 Å². The summed E-state index contributed by atoms with van der Waals surface area (Å²) >= 11 is 0. The lowest BCUT2D eigenvalue weighted by atomic mass is 10.1. The maximum atomic E-state index is 12.8. The summed E-state index contributed by atoms with van der Waals surface area (Å²) in [7, 11) is 0. The summed E-state index contributed by atoms with van der Waals surface area (Å²) in [6, 6.07) is 34.5. The van der Waals surface area contributed by atoms with Crippen LogP contribution in [0.5, 0.6) is 11.5 Å². The lowest BCUT2D eigenvalue weighted by Gasteiger charge is -2.17. The number of hydrogen-bond donors (Lipinski definition) is 0. The molecule has 0 spiro atoms. The first kappa shape index (κ1) is 27.9. The molecule has 8 nitrogen and oxygen atoms in total. The molecule has 0 N–H and O–H groups in total. The standard InChI is InChI=1S/C34H32O8/c35-34(27-13-17-29(18-14-27)37-20-25-9-5-2-6-10-25)41-30-22-38-33-31(23-39-32(30)33)42-40-21-26-11-15-28(16-12-26)36-19-24-7-3-1-4-8-24/h1-18,30-33H,19-23H2/t30?,31-,32-,33-/m0/s1. The van der Waals surface area contributed by atoms with Gasteiger partial charge in [-0.1, -0.05) is 72.8 Å². The van der Waals surface area contributed by atoms with Crippen LogP contribution in [0.2, 0.25) is 0 Å². The van der Waals surface area contributed by atoms with Crippen molar-refractivity contribution >= 4 is 5.97 Å². The van der Waals surface area contributed by atoms with E-state index in [0.29, 0.717) is 24.5 Å². The Balaban J connectivity index is 0.921. The SMILES string of the molecule is O=C(OC1CO[C@H]2[C@@H](OOCc3ccc(OCc4ccccc4)cc3)CO[C@@H]12)c1ccc(OCc2ccccc2)cc1. The molecule has 0 aromatic heterocycles. The smallest absolute Gasteiger partial charge is 0.338 e. The van der Waals surface area contributed by atoms with Crippen LogP contribution in [-0.2, 0) is 43.8 Å². The first-order chi connectivity index (χ1) is 20.7. The Morgan fingerprint density at radius 1 is 0.595 bits per heavy atom. The molecule has 2 aliphatic heterocycles. The van der Waals surface area contributed by atoms with Crippen LogP contribution in [0.4, 0.5) is 0 Å². The number of hydrogen-bond acceptors (Lipinski definition) is 8. The molecule has 8 heteroatoms. The minimum Gasteiger partial charge on any atom is -0.489 e. The van der Waals surface area contributed by atoms with E-state index in [9.17, 15) is 4.79 Å². The fraction of sp³-hybridized carbons (Fsp3) is 0.265. The molecular formula is C34H32O8. The number of fused-ring (bicyclic) bond motifs is 1. The van der Waals surface area contributed by atoms with E-state index in [1.165, 1.54) is 0 Å². The number of carbonyl (C=O) groups excluding carboxylic acids is 1. The Kier molecular flexibility index (Phi) is 9.07. The summed E-state index contributed by atoms with van der Waals surface area (Å²) in [6.45, 7) is 1.73. The number of carbonyl (C=O) groups is 1. The van der Waals surface area contributed by atoms with Crippen LogP contribution in [0.25, 0.3) is 0 Å². The molecule has 4 aromatic carbocycles. The Labute approximate surface area is 244 Å². The zero-order valence-corrected chi connectivity index (χ0v) is 23.0. The molecule has 4 atom stereocenters. The van der Waals surface area contributed by atoms with Gasteiger partial charge in [-0.15, -0.1) is 0 Å². The summed E-state index contributed by atoms with van der Waals surface area (Å²) in [5.41, 5.74) is 3.55. The molecule has 0 amide bonds. The zero-order valence-electron chi connectivity index (χ0n) is 23.0. The third kappa shape index (κ3) is 7.16. The average Bonchev–Trinajstić information content (AvgIpc) is 3.64. The summed E-state index contributed by atoms with van der Waals surface area (Å²) in [6.07, 6.45) is -1.76. The van der Waals surface area contributed by atoms with E-state index in [-0.39, 0.29) is 25.9 Å². The number of rotatable bonds is 12. The highest BCUT2D eigenvalue weighted by molar-refractivity contribution is 5.89. The van der Waals surface area contributed by atoms with Gasteiger partial charge in [0.15, 0.2) is 6.10 Å². The zero-order chi connectivity index (χ0) is 28.6. The fourth-order valence-corrected chi connectivity index (χ4v) is 4.86. The van der Waals surface area contributed by atoms with Crippen molar-refractivity contribution < 1.29 is 38.3 Å². The summed E-state index contributed by atoms with van der Waals surface area (Å²) in [5, 5.41) is 0. The van der Waals surface area contributed by atoms with E-state index in [1.807, 2.05) is 84.9 Å². The van der Waals surface area contributed by atoms with Crippen molar-refractivity contribution in [3.63, 3.8) is 0 Å². The molecular weight excluding hydrogens is 536 g/mol. The van der Waals surface area contributed by atoms with Crippen LogP contribution in [0.1, 0.15) is 27.0 Å². The monoisotopic (exact) mass is 568 g/mol. The quantitative estimate of drug-likeness (QED) is 0.123. The van der Waals surface area contributed by atoms with Gasteiger partial charge in [0.25, 0.3) is 0 Å². The van der Waals surface area contributed by atoms with Crippen molar-refractivity contribution in [1.29, 1.82) is 0 Å². The second kappa shape index (κ2) is 13.6. The van der Waals surface area contributed by atoms with E-state index in [4.69, 9.17) is 33.5 Å². The Hall–Kier alpha value is -4.21. The normalized spacial score (nSPS) is 21.0. The van der Waals surface area contributed by atoms with Crippen molar-refractivity contribution in [2.75, 3.05) is 13.2 Å². The number of benzene rings is 4. The molecule has 2 heterocycles. The van der Waals surface area contributed by atoms with Crippen LogP contribution in [0.3, 0.4) is 0 Å². The second-order valence-corrected chi connectivity index (χ2v) is 10.2. The highest BCUT2D eigenvalue weighted by atomic mass is 17.2. The molecule has 0 bridgehead atoms. The van der Waals surface area contributed by atoms with E-state index >= 15 is 0 Å². The second-order valence-electron chi connectivity index (χ2n) is 10.2. The minimum atomic E-state index is -0.534. The molecule has 4 aromatic rings. The summed E-state index contributed by atoms with van der Waals surface area (Å²) in [5.74, 6) is 1.01. The van der Waals surface area contributed by atoms with Crippen molar-refractivity contribution in [1.82, 2.24) is 0 Å². The first-order valence-corrected chi connectivity index (χ1v) is 14.0. The average molecular weight is 569 g/mol. The van der Waals surface area contributed by atoms with Gasteiger partial charge in [-0.2, -0.15) is 0 Å². The van der Waals surface area contributed by atoms with Gasteiger partial charge in [0.1, 0.15) is 49.6 Å². The molecule has 0 radical (unpaired) electrons. The maximum Gasteiger partial charge on any atom is 0.338 e. The summed E-state index contributed by atoms with van der Waals surface area (Å²) < 4.78 is 29.1. The first-order valence-electron chi connectivity index (χ1n) is 14.0. The largest absolute Gasteiger partial charge is 0.489 e. The van der Waals surface area contributed by atoms with Crippen molar-refractivity contribution in [3.05, 3.63) is 131 Å². The van der Waals surface area contributed by atoms with Crippen LogP contribution in [0, 0.1) is 0 Å². The molecule has 0 saturated carbocycles. The third-order valence-corrected chi connectivity index (χ3v) is 7.15. The third-order valence-electron chi connectivity index (χ3n) is 7.15. The van der Waals surface area contributed by atoms with Crippen LogP contribution in [0.15, 0.2) is 109 Å². The van der Waals surface area contributed by atoms with Crippen molar-refractivity contribution in [3.8, 4) is 11.5 Å². The molecule has 42 heavy (non-hydrogen) atoms. The highest BCUT2D eigenvalue weighted by Crippen LogP contribution is 2.31. The Morgan fingerprint density at radius 3 is 1.69 bits per heavy atom. The predicted octanol–water partition coefficient (Wildman–Crippen LogP) is 5.68. The van der Waals surface area contributed by atoms with E-state index in [2.05, 4.69) is 0 Å². The van der Waals surface area contributed by atoms with Gasteiger partial charge in [0.2, 0.25) is 0 Å². The van der Waals surface area contributed by atoms with Gasteiger partial charge >= 0.3 is 5.97 Å². The molecule has 2 saturated heterocycles. The van der Waals surface area contributed by atoms with E-state index in [1.54, 1.807) is 24.3 Å². The van der Waals surface area contributed by atoms with Crippen LogP contribution < -0.4 is 9.47 Å². The van der Waals surface area contributed by atoms with E-state index < -0.39 is 24.3 Å². The number of ether oxygens (including phenoxy) is 5. The van der Waals surface area contributed by atoms with Gasteiger partial charge in [-0.3, -0.25) is 0 Å². The molecule has 6 rings (SSSR count). The maximum absolute atomic E-state index is 12.8. The summed E-state index contributed by atoms with van der Waals surface area (Å²) in [4.78, 5) is 23.9. The molecule has 216 valence electrons.